The molecule has 1 amide bonds. The second kappa shape index (κ2) is 5.59. The van der Waals surface area contributed by atoms with Crippen LogP contribution in [0, 0.1) is 16.0 Å². The molecule has 0 saturated carbocycles. The number of amides is 1. The molecule has 6 nitrogen and oxygen atoms in total. The number of rotatable bonds is 3. The second-order valence-electron chi connectivity index (χ2n) is 4.32. The monoisotopic (exact) mass is 249 g/mol. The zero-order valence-electron chi connectivity index (χ0n) is 9.89. The van der Waals surface area contributed by atoms with Gasteiger partial charge in [0.15, 0.2) is 0 Å². The first kappa shape index (κ1) is 12.5. The standard InChI is InChI=1S/C12H15N3O3/c16-12(9-4-6-13-7-5-9)14-10-2-1-3-11(8-10)15(17)18/h1-3,8-9,13H,4-7H2,(H,14,16). The molecule has 2 N–H and O–H groups in total. The lowest BCUT2D eigenvalue weighted by Crippen LogP contribution is -2.34. The van der Waals surface area contributed by atoms with Gasteiger partial charge in [0, 0.05) is 23.7 Å². The summed E-state index contributed by atoms with van der Waals surface area (Å²) < 4.78 is 0. The van der Waals surface area contributed by atoms with Crippen molar-refractivity contribution >= 4 is 17.3 Å². The van der Waals surface area contributed by atoms with Gasteiger partial charge in [-0.25, -0.2) is 0 Å². The summed E-state index contributed by atoms with van der Waals surface area (Å²) in [5.41, 5.74) is 0.464. The third-order valence-corrected chi connectivity index (χ3v) is 3.03. The second-order valence-corrected chi connectivity index (χ2v) is 4.32. The van der Waals surface area contributed by atoms with Gasteiger partial charge in [0.05, 0.1) is 4.92 Å². The molecule has 18 heavy (non-hydrogen) atoms. The maximum absolute atomic E-state index is 11.9. The average Bonchev–Trinajstić information content (AvgIpc) is 2.40. The van der Waals surface area contributed by atoms with E-state index in [-0.39, 0.29) is 17.5 Å². The van der Waals surface area contributed by atoms with E-state index in [0.717, 1.165) is 25.9 Å². The first-order valence-corrected chi connectivity index (χ1v) is 5.93. The first-order chi connectivity index (χ1) is 8.66. The van der Waals surface area contributed by atoms with E-state index in [1.807, 2.05) is 0 Å². The summed E-state index contributed by atoms with van der Waals surface area (Å²) in [4.78, 5) is 22.1. The number of nitro groups is 1. The Balaban J connectivity index is 2.02. The zero-order chi connectivity index (χ0) is 13.0. The van der Waals surface area contributed by atoms with E-state index < -0.39 is 4.92 Å². The molecule has 0 aliphatic carbocycles. The fourth-order valence-electron chi connectivity index (χ4n) is 2.03. The smallest absolute Gasteiger partial charge is 0.271 e. The molecule has 1 fully saturated rings. The van der Waals surface area contributed by atoms with Gasteiger partial charge in [0.1, 0.15) is 0 Å². The van der Waals surface area contributed by atoms with Crippen molar-refractivity contribution in [1.82, 2.24) is 5.32 Å². The summed E-state index contributed by atoms with van der Waals surface area (Å²) in [5.74, 6) is -0.0671. The van der Waals surface area contributed by atoms with Crippen LogP contribution in [0.5, 0.6) is 0 Å². The Labute approximate surface area is 105 Å². The molecule has 0 bridgehead atoms. The summed E-state index contributed by atoms with van der Waals surface area (Å²) in [6.07, 6.45) is 1.61. The lowest BCUT2D eigenvalue weighted by Gasteiger charge is -2.21. The SMILES string of the molecule is O=C(Nc1cccc([N+](=O)[O-])c1)C1CCNCC1. The normalized spacial score (nSPS) is 16.2. The highest BCUT2D eigenvalue weighted by Gasteiger charge is 2.21. The van der Waals surface area contributed by atoms with Crippen molar-refractivity contribution in [3.8, 4) is 0 Å². The van der Waals surface area contributed by atoms with Gasteiger partial charge < -0.3 is 10.6 Å². The fourth-order valence-corrected chi connectivity index (χ4v) is 2.03. The quantitative estimate of drug-likeness (QED) is 0.628. The van der Waals surface area contributed by atoms with Crippen LogP contribution in [0.1, 0.15) is 12.8 Å². The number of anilines is 1. The third kappa shape index (κ3) is 3.04. The van der Waals surface area contributed by atoms with Gasteiger partial charge in [-0.1, -0.05) is 6.07 Å². The van der Waals surface area contributed by atoms with Gasteiger partial charge in [-0.3, -0.25) is 14.9 Å². The van der Waals surface area contributed by atoms with E-state index in [4.69, 9.17) is 0 Å². The molecule has 1 aromatic carbocycles. The van der Waals surface area contributed by atoms with E-state index in [0.29, 0.717) is 5.69 Å². The zero-order valence-corrected chi connectivity index (χ0v) is 9.89. The molecule has 1 aliphatic rings. The van der Waals surface area contributed by atoms with Crippen LogP contribution in [0.25, 0.3) is 0 Å². The van der Waals surface area contributed by atoms with E-state index in [1.54, 1.807) is 12.1 Å². The Morgan fingerprint density at radius 3 is 2.78 bits per heavy atom. The summed E-state index contributed by atoms with van der Waals surface area (Å²) in [6, 6.07) is 6.00. The number of carbonyl (C=O) groups excluding carboxylic acids is 1. The molecule has 0 radical (unpaired) electrons. The third-order valence-electron chi connectivity index (χ3n) is 3.03. The summed E-state index contributed by atoms with van der Waals surface area (Å²) >= 11 is 0. The molecule has 6 heteroatoms. The highest BCUT2D eigenvalue weighted by Crippen LogP contribution is 2.19. The lowest BCUT2D eigenvalue weighted by molar-refractivity contribution is -0.384. The van der Waals surface area contributed by atoms with Crippen LogP contribution in [-0.4, -0.2) is 23.9 Å². The van der Waals surface area contributed by atoms with Crippen LogP contribution >= 0.6 is 0 Å². The summed E-state index contributed by atoms with van der Waals surface area (Å²) in [7, 11) is 0. The van der Waals surface area contributed by atoms with Crippen molar-refractivity contribution in [2.45, 2.75) is 12.8 Å². The highest BCUT2D eigenvalue weighted by molar-refractivity contribution is 5.92. The van der Waals surface area contributed by atoms with Crippen molar-refractivity contribution in [3.63, 3.8) is 0 Å². The highest BCUT2D eigenvalue weighted by atomic mass is 16.6. The summed E-state index contributed by atoms with van der Waals surface area (Å²) in [6.45, 7) is 1.68. The minimum absolute atomic E-state index is 0.00878. The minimum Gasteiger partial charge on any atom is -0.326 e. The Morgan fingerprint density at radius 2 is 2.11 bits per heavy atom. The Morgan fingerprint density at radius 1 is 1.39 bits per heavy atom. The van der Waals surface area contributed by atoms with Gasteiger partial charge in [-0.05, 0) is 32.0 Å². The number of nitrogens with zero attached hydrogens (tertiary/aromatic N) is 1. The van der Waals surface area contributed by atoms with Gasteiger partial charge >= 0.3 is 0 Å². The molecule has 1 saturated heterocycles. The molecule has 0 atom stereocenters. The van der Waals surface area contributed by atoms with E-state index in [1.165, 1.54) is 12.1 Å². The fraction of sp³-hybridized carbons (Fsp3) is 0.417. The molecule has 96 valence electrons. The van der Waals surface area contributed by atoms with E-state index >= 15 is 0 Å². The van der Waals surface area contributed by atoms with Crippen molar-refractivity contribution in [2.75, 3.05) is 18.4 Å². The number of carbonyl (C=O) groups is 1. The number of nitrogens with one attached hydrogen (secondary N) is 2. The lowest BCUT2D eigenvalue weighted by atomic mass is 9.97. The van der Waals surface area contributed by atoms with Crippen LogP contribution in [0.4, 0.5) is 11.4 Å². The van der Waals surface area contributed by atoms with Crippen LogP contribution in [0.15, 0.2) is 24.3 Å². The van der Waals surface area contributed by atoms with Crippen LogP contribution in [0.2, 0.25) is 0 Å². The molecule has 1 heterocycles. The Hall–Kier alpha value is -1.95. The maximum Gasteiger partial charge on any atom is 0.271 e. The van der Waals surface area contributed by atoms with Gasteiger partial charge in [-0.15, -0.1) is 0 Å². The maximum atomic E-state index is 11.9. The Kier molecular flexibility index (Phi) is 3.88. The van der Waals surface area contributed by atoms with E-state index in [2.05, 4.69) is 10.6 Å². The molecular formula is C12H15N3O3. The van der Waals surface area contributed by atoms with Crippen molar-refractivity contribution in [3.05, 3.63) is 34.4 Å². The molecule has 1 aliphatic heterocycles. The number of nitro benzene ring substituents is 1. The predicted octanol–water partition coefficient (Wildman–Crippen LogP) is 1.53. The molecule has 1 aromatic rings. The first-order valence-electron chi connectivity index (χ1n) is 5.93. The molecule has 2 rings (SSSR count). The number of non-ortho nitro benzene ring substituents is 1. The molecule has 0 aromatic heterocycles. The molecule has 0 spiro atoms. The summed E-state index contributed by atoms with van der Waals surface area (Å²) in [5, 5.41) is 16.5. The van der Waals surface area contributed by atoms with Crippen LogP contribution < -0.4 is 10.6 Å². The minimum atomic E-state index is -0.472. The van der Waals surface area contributed by atoms with Crippen LogP contribution in [-0.2, 0) is 4.79 Å². The predicted molar refractivity (Wildman–Crippen MR) is 67.3 cm³/mol. The number of hydrogen-bond acceptors (Lipinski definition) is 4. The largest absolute Gasteiger partial charge is 0.326 e. The van der Waals surface area contributed by atoms with Gasteiger partial charge in [-0.2, -0.15) is 0 Å². The van der Waals surface area contributed by atoms with Crippen molar-refractivity contribution < 1.29 is 9.72 Å². The van der Waals surface area contributed by atoms with Gasteiger partial charge in [0.25, 0.3) is 5.69 Å². The number of benzene rings is 1. The van der Waals surface area contributed by atoms with E-state index in [9.17, 15) is 14.9 Å². The number of hydrogen-bond donors (Lipinski definition) is 2. The van der Waals surface area contributed by atoms with Gasteiger partial charge in [0.2, 0.25) is 5.91 Å². The van der Waals surface area contributed by atoms with Crippen LogP contribution in [0.3, 0.4) is 0 Å². The van der Waals surface area contributed by atoms with Crippen molar-refractivity contribution in [2.24, 2.45) is 5.92 Å². The topological polar surface area (TPSA) is 84.3 Å². The average molecular weight is 249 g/mol. The van der Waals surface area contributed by atoms with Crippen molar-refractivity contribution in [1.29, 1.82) is 0 Å². The number of piperidine rings is 1. The molecule has 0 unspecified atom stereocenters. The molecular weight excluding hydrogens is 234 g/mol. The Bertz CT molecular complexity index is 456.